The van der Waals surface area contributed by atoms with Crippen LogP contribution in [0.3, 0.4) is 0 Å². The lowest BCUT2D eigenvalue weighted by atomic mass is 10.1. The van der Waals surface area contributed by atoms with Gasteiger partial charge in [0.25, 0.3) is 0 Å². The molecule has 0 fully saturated rings. The number of rotatable bonds is 1. The van der Waals surface area contributed by atoms with Crippen molar-refractivity contribution in [3.05, 3.63) is 35.4 Å². The molecule has 0 aromatic heterocycles. The second-order valence-electron chi connectivity index (χ2n) is 2.44. The number of hydrogen-bond acceptors (Lipinski definition) is 2. The van der Waals surface area contributed by atoms with Gasteiger partial charge in [0.05, 0.1) is 6.07 Å². The largest absolute Gasteiger partial charge is 0.197 e. The molecule has 0 aliphatic carbocycles. The number of nitrogens with zero attached hydrogens (tertiary/aromatic N) is 1. The lowest BCUT2D eigenvalue weighted by molar-refractivity contribution is 1.23. The van der Waals surface area contributed by atoms with E-state index in [9.17, 15) is 0 Å². The minimum absolute atomic E-state index is 0.296. The molecule has 1 rings (SSSR count). The Hall–Kier alpha value is -0.940. The highest BCUT2D eigenvalue weighted by Gasteiger charge is 2.01. The van der Waals surface area contributed by atoms with Crippen molar-refractivity contribution in [3.8, 4) is 6.07 Å². The average Bonchev–Trinajstić information content (AvgIpc) is 2.05. The minimum Gasteiger partial charge on any atom is -0.197 e. The zero-order chi connectivity index (χ0) is 8.27. The van der Waals surface area contributed by atoms with Crippen LogP contribution in [0.25, 0.3) is 0 Å². The first-order valence-electron chi connectivity index (χ1n) is 3.38. The van der Waals surface area contributed by atoms with Gasteiger partial charge in [-0.15, -0.1) is 0 Å². The van der Waals surface area contributed by atoms with E-state index in [4.69, 9.17) is 5.26 Å². The molecule has 0 bridgehead atoms. The first kappa shape index (κ1) is 8.16. The highest BCUT2D eigenvalue weighted by atomic mass is 32.1. The molecule has 1 unspecified atom stereocenters. The molecule has 1 aromatic carbocycles. The molecule has 0 aliphatic rings. The molecule has 0 saturated heterocycles. The van der Waals surface area contributed by atoms with Crippen LogP contribution in [0.1, 0.15) is 16.4 Å². The number of thiol groups is 1. The van der Waals surface area contributed by atoms with Gasteiger partial charge < -0.3 is 0 Å². The third-order valence-electron chi connectivity index (χ3n) is 1.52. The van der Waals surface area contributed by atoms with E-state index in [0.717, 1.165) is 5.56 Å². The summed E-state index contributed by atoms with van der Waals surface area (Å²) in [6, 6.07) is 9.88. The van der Waals surface area contributed by atoms with Gasteiger partial charge >= 0.3 is 0 Å². The Bertz CT molecular complexity index is 271. The van der Waals surface area contributed by atoms with E-state index >= 15 is 0 Å². The summed E-state index contributed by atoms with van der Waals surface area (Å²) in [7, 11) is 0. The maximum atomic E-state index is 8.53. The van der Waals surface area contributed by atoms with Crippen LogP contribution in [0.4, 0.5) is 0 Å². The molecule has 0 N–H and O–H groups in total. The molecule has 2 heteroatoms. The fourth-order valence-corrected chi connectivity index (χ4v) is 0.995. The summed E-state index contributed by atoms with van der Waals surface area (Å²) in [5.41, 5.74) is 2.16. The number of aryl methyl sites for hydroxylation is 1. The van der Waals surface area contributed by atoms with E-state index in [-0.39, 0.29) is 5.25 Å². The van der Waals surface area contributed by atoms with Gasteiger partial charge in [0.1, 0.15) is 5.25 Å². The van der Waals surface area contributed by atoms with Crippen molar-refractivity contribution in [1.29, 1.82) is 5.26 Å². The smallest absolute Gasteiger partial charge is 0.114 e. The van der Waals surface area contributed by atoms with Crippen molar-refractivity contribution >= 4 is 12.6 Å². The van der Waals surface area contributed by atoms with Crippen LogP contribution in [-0.4, -0.2) is 0 Å². The highest BCUT2D eigenvalue weighted by molar-refractivity contribution is 7.80. The molecule has 11 heavy (non-hydrogen) atoms. The Labute approximate surface area is 72.1 Å². The number of hydrogen-bond donors (Lipinski definition) is 1. The molecule has 0 saturated carbocycles. The monoisotopic (exact) mass is 163 g/mol. The lowest BCUT2D eigenvalue weighted by Crippen LogP contribution is -1.85. The SMILES string of the molecule is Cc1ccc(C(S)C#N)cc1. The third-order valence-corrected chi connectivity index (χ3v) is 1.93. The normalized spacial score (nSPS) is 12.1. The second kappa shape index (κ2) is 3.45. The molecule has 0 heterocycles. The van der Waals surface area contributed by atoms with Crippen molar-refractivity contribution in [1.82, 2.24) is 0 Å². The second-order valence-corrected chi connectivity index (χ2v) is 2.96. The summed E-state index contributed by atoms with van der Waals surface area (Å²) in [5.74, 6) is 0. The fraction of sp³-hybridized carbons (Fsp3) is 0.222. The van der Waals surface area contributed by atoms with Crippen molar-refractivity contribution in [2.75, 3.05) is 0 Å². The summed E-state index contributed by atoms with van der Waals surface area (Å²) < 4.78 is 0. The summed E-state index contributed by atoms with van der Waals surface area (Å²) in [4.78, 5) is 0. The minimum atomic E-state index is -0.296. The molecule has 0 spiro atoms. The molecule has 0 aliphatic heterocycles. The van der Waals surface area contributed by atoms with Gasteiger partial charge in [0.2, 0.25) is 0 Å². The van der Waals surface area contributed by atoms with Crippen LogP contribution >= 0.6 is 12.6 Å². The van der Waals surface area contributed by atoms with Gasteiger partial charge in [-0.25, -0.2) is 0 Å². The quantitative estimate of drug-likeness (QED) is 0.632. The van der Waals surface area contributed by atoms with Gasteiger partial charge in [0, 0.05) is 0 Å². The van der Waals surface area contributed by atoms with E-state index in [1.807, 2.05) is 31.2 Å². The van der Waals surface area contributed by atoms with E-state index in [2.05, 4.69) is 18.7 Å². The molecule has 0 amide bonds. The zero-order valence-electron chi connectivity index (χ0n) is 6.28. The van der Waals surface area contributed by atoms with Gasteiger partial charge in [-0.1, -0.05) is 29.8 Å². The summed E-state index contributed by atoms with van der Waals surface area (Å²) >= 11 is 4.09. The van der Waals surface area contributed by atoms with Crippen molar-refractivity contribution in [2.24, 2.45) is 0 Å². The molecule has 56 valence electrons. The number of nitriles is 1. The molecular weight excluding hydrogens is 154 g/mol. The van der Waals surface area contributed by atoms with Crippen LogP contribution in [0.15, 0.2) is 24.3 Å². The average molecular weight is 163 g/mol. The van der Waals surface area contributed by atoms with E-state index in [1.54, 1.807) is 0 Å². The van der Waals surface area contributed by atoms with Crippen LogP contribution in [0, 0.1) is 18.3 Å². The van der Waals surface area contributed by atoms with E-state index in [1.165, 1.54) is 5.56 Å². The predicted octanol–water partition coefficient (Wildman–Crippen LogP) is 2.49. The van der Waals surface area contributed by atoms with Gasteiger partial charge in [-0.05, 0) is 12.5 Å². The standard InChI is InChI=1S/C9H9NS/c1-7-2-4-8(5-3-7)9(11)6-10/h2-5,9,11H,1H3. The van der Waals surface area contributed by atoms with Gasteiger partial charge in [-0.3, -0.25) is 0 Å². The Morgan fingerprint density at radius 3 is 2.36 bits per heavy atom. The third kappa shape index (κ3) is 1.99. The van der Waals surface area contributed by atoms with Crippen molar-refractivity contribution in [3.63, 3.8) is 0 Å². The Kier molecular flexibility index (Phi) is 2.56. The first-order chi connectivity index (χ1) is 5.24. The van der Waals surface area contributed by atoms with E-state index < -0.39 is 0 Å². The van der Waals surface area contributed by atoms with Crippen LogP contribution < -0.4 is 0 Å². The van der Waals surface area contributed by atoms with Gasteiger partial charge in [-0.2, -0.15) is 17.9 Å². The molecule has 1 atom stereocenters. The maximum absolute atomic E-state index is 8.53. The van der Waals surface area contributed by atoms with Crippen molar-refractivity contribution in [2.45, 2.75) is 12.2 Å². The zero-order valence-corrected chi connectivity index (χ0v) is 7.18. The molecule has 1 nitrogen and oxygen atoms in total. The summed E-state index contributed by atoms with van der Waals surface area (Å²) in [6.45, 7) is 2.02. The molecular formula is C9H9NS. The molecule has 0 radical (unpaired) electrons. The highest BCUT2D eigenvalue weighted by Crippen LogP contribution is 2.18. The first-order valence-corrected chi connectivity index (χ1v) is 3.90. The van der Waals surface area contributed by atoms with Gasteiger partial charge in [0.15, 0.2) is 0 Å². The Morgan fingerprint density at radius 1 is 1.36 bits per heavy atom. The Balaban J connectivity index is 2.92. The van der Waals surface area contributed by atoms with Crippen LogP contribution in [0.5, 0.6) is 0 Å². The fourth-order valence-electron chi connectivity index (χ4n) is 0.823. The predicted molar refractivity (Wildman–Crippen MR) is 48.5 cm³/mol. The maximum Gasteiger partial charge on any atom is 0.114 e. The van der Waals surface area contributed by atoms with Crippen LogP contribution in [-0.2, 0) is 0 Å². The number of benzene rings is 1. The molecule has 1 aromatic rings. The topological polar surface area (TPSA) is 23.8 Å². The summed E-state index contributed by atoms with van der Waals surface area (Å²) in [6.07, 6.45) is 0. The Morgan fingerprint density at radius 2 is 1.91 bits per heavy atom. The lowest BCUT2D eigenvalue weighted by Gasteiger charge is -2.00. The van der Waals surface area contributed by atoms with Crippen LogP contribution in [0.2, 0.25) is 0 Å². The van der Waals surface area contributed by atoms with E-state index in [0.29, 0.717) is 0 Å². The van der Waals surface area contributed by atoms with Crippen molar-refractivity contribution < 1.29 is 0 Å². The summed E-state index contributed by atoms with van der Waals surface area (Å²) in [5, 5.41) is 8.24.